The Bertz CT molecular complexity index is 288. The first-order chi connectivity index (χ1) is 8.61. The minimum atomic E-state index is 0.202. The van der Waals surface area contributed by atoms with Gasteiger partial charge in [0.25, 0.3) is 0 Å². The van der Waals surface area contributed by atoms with E-state index >= 15 is 0 Å². The Kier molecular flexibility index (Phi) is 4.62. The number of amides is 1. The van der Waals surface area contributed by atoms with Gasteiger partial charge in [-0.05, 0) is 38.0 Å². The summed E-state index contributed by atoms with van der Waals surface area (Å²) >= 11 is 0. The third-order valence-electron chi connectivity index (χ3n) is 4.62. The maximum Gasteiger partial charge on any atom is 0.225 e. The van der Waals surface area contributed by atoms with E-state index in [-0.39, 0.29) is 12.0 Å². The molecule has 0 aromatic carbocycles. The van der Waals surface area contributed by atoms with Crippen LogP contribution in [-0.2, 0) is 9.53 Å². The fourth-order valence-electron chi connectivity index (χ4n) is 3.17. The molecule has 4 nitrogen and oxygen atoms in total. The lowest BCUT2D eigenvalue weighted by molar-refractivity contribution is -0.141. The smallest absolute Gasteiger partial charge is 0.225 e. The third kappa shape index (κ3) is 3.04. The van der Waals surface area contributed by atoms with Gasteiger partial charge in [-0.2, -0.15) is 0 Å². The molecule has 2 rings (SSSR count). The Morgan fingerprint density at radius 2 is 1.89 bits per heavy atom. The number of nitrogens with zero attached hydrogens (tertiary/aromatic N) is 1. The predicted molar refractivity (Wildman–Crippen MR) is 71.1 cm³/mol. The minimum Gasteiger partial charge on any atom is -0.379 e. The molecule has 0 aromatic rings. The second-order valence-corrected chi connectivity index (χ2v) is 5.94. The van der Waals surface area contributed by atoms with Crippen molar-refractivity contribution in [2.45, 2.75) is 51.2 Å². The minimum absolute atomic E-state index is 0.202. The topological polar surface area (TPSA) is 55.6 Å². The quantitative estimate of drug-likeness (QED) is 0.810. The molecule has 2 N–H and O–H groups in total. The molecule has 2 aliphatic rings. The van der Waals surface area contributed by atoms with Crippen molar-refractivity contribution < 1.29 is 9.53 Å². The van der Waals surface area contributed by atoms with Gasteiger partial charge in [0.15, 0.2) is 0 Å². The SMILES string of the molecule is COC1CN(C(=O)C2CCC(N)CC2)CCC1C. The van der Waals surface area contributed by atoms with Gasteiger partial charge >= 0.3 is 0 Å². The molecule has 104 valence electrons. The summed E-state index contributed by atoms with van der Waals surface area (Å²) in [6.07, 6.45) is 5.17. The fourth-order valence-corrected chi connectivity index (χ4v) is 3.17. The van der Waals surface area contributed by atoms with Crippen molar-refractivity contribution >= 4 is 5.91 Å². The lowest BCUT2D eigenvalue weighted by Gasteiger charge is -2.38. The number of carbonyl (C=O) groups is 1. The zero-order valence-corrected chi connectivity index (χ0v) is 11.6. The van der Waals surface area contributed by atoms with Crippen molar-refractivity contribution in [2.75, 3.05) is 20.2 Å². The third-order valence-corrected chi connectivity index (χ3v) is 4.62. The summed E-state index contributed by atoms with van der Waals surface area (Å²) in [6.45, 7) is 3.86. The van der Waals surface area contributed by atoms with E-state index in [0.29, 0.717) is 17.9 Å². The van der Waals surface area contributed by atoms with Gasteiger partial charge in [0, 0.05) is 32.2 Å². The molecule has 18 heavy (non-hydrogen) atoms. The van der Waals surface area contributed by atoms with Gasteiger partial charge in [0.05, 0.1) is 6.10 Å². The average molecular weight is 254 g/mol. The summed E-state index contributed by atoms with van der Waals surface area (Å²) in [5.74, 6) is 1.09. The zero-order valence-electron chi connectivity index (χ0n) is 11.6. The monoisotopic (exact) mass is 254 g/mol. The molecular formula is C14H26N2O2. The summed E-state index contributed by atoms with van der Waals surface area (Å²) in [6, 6.07) is 0.308. The van der Waals surface area contributed by atoms with Gasteiger partial charge < -0.3 is 15.4 Å². The van der Waals surface area contributed by atoms with E-state index in [0.717, 1.165) is 45.2 Å². The highest BCUT2D eigenvalue weighted by molar-refractivity contribution is 5.79. The molecule has 0 aromatic heterocycles. The fraction of sp³-hybridized carbons (Fsp3) is 0.929. The number of ether oxygens (including phenoxy) is 1. The standard InChI is InChI=1S/C14H26N2O2/c1-10-7-8-16(9-13(10)18-2)14(17)11-3-5-12(15)6-4-11/h10-13H,3-9,15H2,1-2H3. The number of carbonyl (C=O) groups excluding carboxylic acids is 1. The first kappa shape index (κ1) is 13.8. The average Bonchev–Trinajstić information content (AvgIpc) is 2.39. The number of nitrogens with two attached hydrogens (primary N) is 1. The Morgan fingerprint density at radius 1 is 1.22 bits per heavy atom. The molecule has 1 saturated carbocycles. The molecule has 1 heterocycles. The van der Waals surface area contributed by atoms with E-state index in [4.69, 9.17) is 10.5 Å². The molecule has 1 amide bonds. The Hall–Kier alpha value is -0.610. The van der Waals surface area contributed by atoms with Gasteiger partial charge in [0.2, 0.25) is 5.91 Å². The number of hydrogen-bond acceptors (Lipinski definition) is 3. The Labute approximate surface area is 110 Å². The molecule has 1 aliphatic carbocycles. The van der Waals surface area contributed by atoms with Gasteiger partial charge in [-0.3, -0.25) is 4.79 Å². The summed E-state index contributed by atoms with van der Waals surface area (Å²) < 4.78 is 5.47. The van der Waals surface area contributed by atoms with Crippen molar-refractivity contribution in [3.05, 3.63) is 0 Å². The molecule has 0 spiro atoms. The van der Waals surface area contributed by atoms with E-state index in [1.54, 1.807) is 7.11 Å². The second kappa shape index (κ2) is 6.02. The molecule has 2 fully saturated rings. The van der Waals surface area contributed by atoms with Crippen molar-refractivity contribution in [1.29, 1.82) is 0 Å². The molecule has 0 radical (unpaired) electrons. The van der Waals surface area contributed by atoms with Crippen LogP contribution in [0.5, 0.6) is 0 Å². The maximum absolute atomic E-state index is 12.5. The summed E-state index contributed by atoms with van der Waals surface area (Å²) in [7, 11) is 1.74. The highest BCUT2D eigenvalue weighted by Gasteiger charge is 2.33. The van der Waals surface area contributed by atoms with Crippen molar-refractivity contribution in [1.82, 2.24) is 4.90 Å². The molecule has 4 heteroatoms. The summed E-state index contributed by atoms with van der Waals surface area (Å²) in [4.78, 5) is 14.5. The highest BCUT2D eigenvalue weighted by Crippen LogP contribution is 2.27. The normalized spacial score (nSPS) is 37.6. The van der Waals surface area contributed by atoms with E-state index in [2.05, 4.69) is 6.92 Å². The van der Waals surface area contributed by atoms with Crippen LogP contribution >= 0.6 is 0 Å². The van der Waals surface area contributed by atoms with Crippen LogP contribution in [0.4, 0.5) is 0 Å². The van der Waals surface area contributed by atoms with Crippen LogP contribution in [0.25, 0.3) is 0 Å². The molecular weight excluding hydrogens is 228 g/mol. The van der Waals surface area contributed by atoms with Gasteiger partial charge in [-0.1, -0.05) is 6.92 Å². The first-order valence-corrected chi connectivity index (χ1v) is 7.19. The second-order valence-electron chi connectivity index (χ2n) is 5.94. The van der Waals surface area contributed by atoms with Gasteiger partial charge in [0.1, 0.15) is 0 Å². The van der Waals surface area contributed by atoms with Crippen LogP contribution in [0.3, 0.4) is 0 Å². The summed E-state index contributed by atoms with van der Waals surface area (Å²) in [5.41, 5.74) is 5.89. The number of likely N-dealkylation sites (tertiary alicyclic amines) is 1. The molecule has 0 bridgehead atoms. The zero-order chi connectivity index (χ0) is 13.1. The van der Waals surface area contributed by atoms with Crippen LogP contribution in [0.15, 0.2) is 0 Å². The van der Waals surface area contributed by atoms with Crippen LogP contribution in [0, 0.1) is 11.8 Å². The van der Waals surface area contributed by atoms with Crippen molar-refractivity contribution in [3.63, 3.8) is 0 Å². The number of piperidine rings is 1. The van der Waals surface area contributed by atoms with E-state index in [1.807, 2.05) is 4.90 Å². The van der Waals surface area contributed by atoms with Crippen LogP contribution in [-0.4, -0.2) is 43.2 Å². The van der Waals surface area contributed by atoms with E-state index in [9.17, 15) is 4.79 Å². The molecule has 2 atom stereocenters. The lowest BCUT2D eigenvalue weighted by atomic mass is 9.84. The number of methoxy groups -OCH3 is 1. The van der Waals surface area contributed by atoms with E-state index in [1.165, 1.54) is 0 Å². The van der Waals surface area contributed by atoms with Crippen LogP contribution < -0.4 is 5.73 Å². The number of rotatable bonds is 2. The Morgan fingerprint density at radius 3 is 2.50 bits per heavy atom. The highest BCUT2D eigenvalue weighted by atomic mass is 16.5. The van der Waals surface area contributed by atoms with Crippen LogP contribution in [0.2, 0.25) is 0 Å². The predicted octanol–water partition coefficient (Wildman–Crippen LogP) is 1.39. The first-order valence-electron chi connectivity index (χ1n) is 7.19. The van der Waals surface area contributed by atoms with Crippen molar-refractivity contribution in [3.8, 4) is 0 Å². The molecule has 2 unspecified atom stereocenters. The largest absolute Gasteiger partial charge is 0.379 e. The van der Waals surface area contributed by atoms with E-state index < -0.39 is 0 Å². The van der Waals surface area contributed by atoms with Crippen molar-refractivity contribution in [2.24, 2.45) is 17.6 Å². The summed E-state index contributed by atoms with van der Waals surface area (Å²) in [5, 5.41) is 0. The molecule has 1 aliphatic heterocycles. The lowest BCUT2D eigenvalue weighted by Crippen LogP contribution is -2.49. The Balaban J connectivity index is 1.89. The molecule has 1 saturated heterocycles. The number of hydrogen-bond donors (Lipinski definition) is 1. The van der Waals surface area contributed by atoms with Crippen LogP contribution in [0.1, 0.15) is 39.0 Å². The van der Waals surface area contributed by atoms with Gasteiger partial charge in [-0.15, -0.1) is 0 Å². The van der Waals surface area contributed by atoms with Gasteiger partial charge in [-0.25, -0.2) is 0 Å². The maximum atomic E-state index is 12.5.